The van der Waals surface area contributed by atoms with E-state index in [4.69, 9.17) is 4.74 Å². The molecule has 2 amide bonds. The zero-order valence-corrected chi connectivity index (χ0v) is 15.8. The molecule has 2 heterocycles. The van der Waals surface area contributed by atoms with E-state index in [2.05, 4.69) is 10.2 Å². The molecule has 6 nitrogen and oxygen atoms in total. The van der Waals surface area contributed by atoms with Crippen LogP contribution < -0.4 is 10.2 Å². The summed E-state index contributed by atoms with van der Waals surface area (Å²) in [7, 11) is 0. The molecule has 0 radical (unpaired) electrons. The number of rotatable bonds is 5. The van der Waals surface area contributed by atoms with Gasteiger partial charge in [0.05, 0.1) is 19.1 Å². The molecule has 2 aromatic carbocycles. The van der Waals surface area contributed by atoms with Crippen molar-refractivity contribution in [1.29, 1.82) is 0 Å². The molecule has 1 N–H and O–H groups in total. The second kappa shape index (κ2) is 8.44. The molecule has 2 fully saturated rings. The number of morpholine rings is 1. The van der Waals surface area contributed by atoms with Crippen molar-refractivity contribution >= 4 is 23.2 Å². The van der Waals surface area contributed by atoms with Crippen molar-refractivity contribution in [3.63, 3.8) is 0 Å². The summed E-state index contributed by atoms with van der Waals surface area (Å²) in [6.07, 6.45) is 0.268. The lowest BCUT2D eigenvalue weighted by molar-refractivity contribution is -0.128. The van der Waals surface area contributed by atoms with Crippen molar-refractivity contribution in [2.45, 2.75) is 13.0 Å². The molecule has 6 heteroatoms. The van der Waals surface area contributed by atoms with Crippen LogP contribution >= 0.6 is 0 Å². The molecule has 0 spiro atoms. The van der Waals surface area contributed by atoms with Crippen LogP contribution in [0.15, 0.2) is 54.6 Å². The van der Waals surface area contributed by atoms with Crippen LogP contribution in [0.25, 0.3) is 0 Å². The zero-order chi connectivity index (χ0) is 19.3. The largest absolute Gasteiger partial charge is 0.378 e. The van der Waals surface area contributed by atoms with E-state index in [9.17, 15) is 9.59 Å². The Morgan fingerprint density at radius 2 is 1.75 bits per heavy atom. The highest BCUT2D eigenvalue weighted by Crippen LogP contribution is 2.23. The Labute approximate surface area is 165 Å². The van der Waals surface area contributed by atoms with Crippen LogP contribution in [0.4, 0.5) is 11.4 Å². The van der Waals surface area contributed by atoms with Gasteiger partial charge in [-0.1, -0.05) is 30.3 Å². The third kappa shape index (κ3) is 4.34. The van der Waals surface area contributed by atoms with Crippen molar-refractivity contribution in [3.05, 3.63) is 60.2 Å². The monoisotopic (exact) mass is 379 g/mol. The fourth-order valence-electron chi connectivity index (χ4n) is 3.73. The number of hydrogen-bond donors (Lipinski definition) is 1. The molecule has 146 valence electrons. The first-order valence-electron chi connectivity index (χ1n) is 9.74. The normalized spacial score (nSPS) is 19.7. The third-order valence-corrected chi connectivity index (χ3v) is 5.31. The number of hydrogen-bond acceptors (Lipinski definition) is 4. The maximum absolute atomic E-state index is 12.6. The van der Waals surface area contributed by atoms with Crippen molar-refractivity contribution in [2.75, 3.05) is 43.1 Å². The van der Waals surface area contributed by atoms with Gasteiger partial charge in [-0.05, 0) is 29.8 Å². The summed E-state index contributed by atoms with van der Waals surface area (Å²) < 4.78 is 5.38. The van der Waals surface area contributed by atoms with Gasteiger partial charge in [-0.3, -0.25) is 9.59 Å². The maximum Gasteiger partial charge on any atom is 0.229 e. The molecule has 0 aromatic heterocycles. The highest BCUT2D eigenvalue weighted by molar-refractivity contribution is 5.97. The molecular weight excluding hydrogens is 354 g/mol. The summed E-state index contributed by atoms with van der Waals surface area (Å²) in [5.41, 5.74) is 2.97. The van der Waals surface area contributed by atoms with E-state index >= 15 is 0 Å². The second-order valence-corrected chi connectivity index (χ2v) is 7.30. The molecule has 28 heavy (non-hydrogen) atoms. The molecule has 4 rings (SSSR count). The molecule has 2 saturated heterocycles. The van der Waals surface area contributed by atoms with Gasteiger partial charge in [0.2, 0.25) is 11.8 Å². The summed E-state index contributed by atoms with van der Waals surface area (Å²) >= 11 is 0. The third-order valence-electron chi connectivity index (χ3n) is 5.31. The molecule has 2 aromatic rings. The summed E-state index contributed by atoms with van der Waals surface area (Å²) in [6.45, 7) is 4.27. The predicted octanol–water partition coefficient (Wildman–Crippen LogP) is 2.51. The number of amides is 2. The molecule has 0 saturated carbocycles. The van der Waals surface area contributed by atoms with Gasteiger partial charge in [0.15, 0.2) is 0 Å². The second-order valence-electron chi connectivity index (χ2n) is 7.30. The van der Waals surface area contributed by atoms with Gasteiger partial charge >= 0.3 is 0 Å². The van der Waals surface area contributed by atoms with Crippen LogP contribution in [0.2, 0.25) is 0 Å². The minimum atomic E-state index is -0.310. The topological polar surface area (TPSA) is 61.9 Å². The molecule has 0 bridgehead atoms. The van der Waals surface area contributed by atoms with Gasteiger partial charge in [-0.15, -0.1) is 0 Å². The number of carbonyl (C=O) groups excluding carboxylic acids is 2. The fourth-order valence-corrected chi connectivity index (χ4v) is 3.73. The van der Waals surface area contributed by atoms with Crippen LogP contribution in [0.5, 0.6) is 0 Å². The van der Waals surface area contributed by atoms with Gasteiger partial charge < -0.3 is 19.9 Å². The lowest BCUT2D eigenvalue weighted by Crippen LogP contribution is -2.36. The Bertz CT molecular complexity index is 817. The Kier molecular flexibility index (Phi) is 5.58. The van der Waals surface area contributed by atoms with Crippen molar-refractivity contribution in [3.8, 4) is 0 Å². The molecule has 2 aliphatic rings. The quantitative estimate of drug-likeness (QED) is 0.867. The minimum absolute atomic E-state index is 0.0340. The van der Waals surface area contributed by atoms with E-state index in [1.54, 1.807) is 4.90 Å². The van der Waals surface area contributed by atoms with Crippen LogP contribution in [0.1, 0.15) is 12.0 Å². The summed E-state index contributed by atoms with van der Waals surface area (Å²) in [5.74, 6) is -0.371. The van der Waals surface area contributed by atoms with E-state index < -0.39 is 0 Å². The smallest absolute Gasteiger partial charge is 0.229 e. The Morgan fingerprint density at radius 3 is 2.46 bits per heavy atom. The van der Waals surface area contributed by atoms with Crippen molar-refractivity contribution in [1.82, 2.24) is 4.90 Å². The Hall–Kier alpha value is -2.86. The lowest BCUT2D eigenvalue weighted by Gasteiger charge is -2.28. The first-order chi connectivity index (χ1) is 13.7. The molecule has 1 atom stereocenters. The first-order valence-corrected chi connectivity index (χ1v) is 9.74. The van der Waals surface area contributed by atoms with Crippen LogP contribution in [-0.2, 0) is 20.9 Å². The van der Waals surface area contributed by atoms with Gasteiger partial charge in [0, 0.05) is 44.0 Å². The Balaban J connectivity index is 1.33. The highest BCUT2D eigenvalue weighted by Gasteiger charge is 2.34. The van der Waals surface area contributed by atoms with E-state index in [1.165, 1.54) is 0 Å². The SMILES string of the molecule is O=C(Nc1ccc(N2CCOCC2)cc1)C1CC(=O)N(Cc2ccccc2)C1. The number of benzene rings is 2. The summed E-state index contributed by atoms with van der Waals surface area (Å²) in [5, 5.41) is 2.96. The number of nitrogens with one attached hydrogen (secondary N) is 1. The number of ether oxygens (including phenoxy) is 1. The average molecular weight is 379 g/mol. The van der Waals surface area contributed by atoms with Gasteiger partial charge in [0.1, 0.15) is 0 Å². The number of anilines is 2. The van der Waals surface area contributed by atoms with Crippen LogP contribution in [-0.4, -0.2) is 49.6 Å². The predicted molar refractivity (Wildman–Crippen MR) is 108 cm³/mol. The Morgan fingerprint density at radius 1 is 1.04 bits per heavy atom. The zero-order valence-electron chi connectivity index (χ0n) is 15.8. The molecule has 2 aliphatic heterocycles. The van der Waals surface area contributed by atoms with E-state index in [-0.39, 0.29) is 24.2 Å². The van der Waals surface area contributed by atoms with E-state index in [0.29, 0.717) is 13.1 Å². The highest BCUT2D eigenvalue weighted by atomic mass is 16.5. The number of nitrogens with zero attached hydrogens (tertiary/aromatic N) is 2. The van der Waals surface area contributed by atoms with Crippen molar-refractivity contribution in [2.24, 2.45) is 5.92 Å². The fraction of sp³-hybridized carbons (Fsp3) is 0.364. The van der Waals surface area contributed by atoms with Gasteiger partial charge in [-0.25, -0.2) is 0 Å². The van der Waals surface area contributed by atoms with Gasteiger partial charge in [-0.2, -0.15) is 0 Å². The summed E-state index contributed by atoms with van der Waals surface area (Å²) in [4.78, 5) is 29.0. The summed E-state index contributed by atoms with van der Waals surface area (Å²) in [6, 6.07) is 17.7. The van der Waals surface area contributed by atoms with E-state index in [1.807, 2.05) is 54.6 Å². The molecular formula is C22H25N3O3. The number of carbonyl (C=O) groups is 2. The first kappa shape index (κ1) is 18.5. The van der Waals surface area contributed by atoms with Crippen molar-refractivity contribution < 1.29 is 14.3 Å². The molecule has 0 aliphatic carbocycles. The van der Waals surface area contributed by atoms with E-state index in [0.717, 1.165) is 43.2 Å². The standard InChI is InChI=1S/C22H25N3O3/c26-21-14-18(16-25(21)15-17-4-2-1-3-5-17)22(27)23-19-6-8-20(9-7-19)24-10-12-28-13-11-24/h1-9,18H,10-16H2,(H,23,27). The lowest BCUT2D eigenvalue weighted by atomic mass is 10.1. The molecule has 1 unspecified atom stereocenters. The minimum Gasteiger partial charge on any atom is -0.378 e. The average Bonchev–Trinajstić information content (AvgIpc) is 3.10. The maximum atomic E-state index is 12.6. The van der Waals surface area contributed by atoms with Gasteiger partial charge in [0.25, 0.3) is 0 Å². The van der Waals surface area contributed by atoms with Crippen LogP contribution in [0.3, 0.4) is 0 Å². The van der Waals surface area contributed by atoms with Crippen LogP contribution in [0, 0.1) is 5.92 Å². The number of likely N-dealkylation sites (tertiary alicyclic amines) is 1.